The highest BCUT2D eigenvalue weighted by Gasteiger charge is 2.11. The summed E-state index contributed by atoms with van der Waals surface area (Å²) >= 11 is 0. The monoisotopic (exact) mass is 180 g/mol. The molecule has 0 fully saturated rings. The number of carboxylic acid groups (broad SMARTS) is 1. The van der Waals surface area contributed by atoms with Crippen LogP contribution < -0.4 is 0 Å². The van der Waals surface area contributed by atoms with Crippen LogP contribution in [-0.2, 0) is 11.2 Å². The molecule has 0 spiro atoms. The number of aromatic hydroxyl groups is 1. The van der Waals surface area contributed by atoms with Gasteiger partial charge < -0.3 is 10.2 Å². The zero-order valence-corrected chi connectivity index (χ0v) is 7.40. The molecule has 1 atom stereocenters. The summed E-state index contributed by atoms with van der Waals surface area (Å²) in [4.78, 5) is 10.5. The van der Waals surface area contributed by atoms with Crippen molar-refractivity contribution in [2.45, 2.75) is 13.3 Å². The topological polar surface area (TPSA) is 57.5 Å². The zero-order chi connectivity index (χ0) is 9.84. The van der Waals surface area contributed by atoms with Crippen LogP contribution in [0.3, 0.4) is 0 Å². The van der Waals surface area contributed by atoms with Gasteiger partial charge in [-0.2, -0.15) is 0 Å². The first-order valence-electron chi connectivity index (χ1n) is 4.10. The predicted molar refractivity (Wildman–Crippen MR) is 48.6 cm³/mol. The molecule has 0 bridgehead atoms. The van der Waals surface area contributed by atoms with Gasteiger partial charge in [0.2, 0.25) is 0 Å². The van der Waals surface area contributed by atoms with E-state index in [1.54, 1.807) is 31.2 Å². The summed E-state index contributed by atoms with van der Waals surface area (Å²) in [5.74, 6) is -1.06. The van der Waals surface area contributed by atoms with Crippen molar-refractivity contribution in [1.29, 1.82) is 0 Å². The quantitative estimate of drug-likeness (QED) is 0.743. The first-order valence-corrected chi connectivity index (χ1v) is 4.10. The Bertz CT molecular complexity index is 307. The molecular weight excluding hydrogens is 168 g/mol. The van der Waals surface area contributed by atoms with Gasteiger partial charge in [0.25, 0.3) is 0 Å². The van der Waals surface area contributed by atoms with Crippen molar-refractivity contribution in [2.75, 3.05) is 0 Å². The number of hydrogen-bond donors (Lipinski definition) is 2. The van der Waals surface area contributed by atoms with Crippen LogP contribution in [-0.4, -0.2) is 16.2 Å². The Morgan fingerprint density at radius 1 is 1.54 bits per heavy atom. The minimum absolute atomic E-state index is 0.176. The largest absolute Gasteiger partial charge is 0.508 e. The Morgan fingerprint density at radius 2 is 2.23 bits per heavy atom. The molecule has 0 aliphatic heterocycles. The zero-order valence-electron chi connectivity index (χ0n) is 7.40. The molecule has 0 aliphatic rings. The second-order valence-corrected chi connectivity index (χ2v) is 3.11. The average molecular weight is 180 g/mol. The lowest BCUT2D eigenvalue weighted by Gasteiger charge is -2.05. The van der Waals surface area contributed by atoms with Crippen molar-refractivity contribution in [3.63, 3.8) is 0 Å². The Labute approximate surface area is 76.6 Å². The van der Waals surface area contributed by atoms with E-state index in [0.29, 0.717) is 6.42 Å². The maximum atomic E-state index is 10.5. The van der Waals surface area contributed by atoms with Crippen LogP contribution in [0.4, 0.5) is 0 Å². The fourth-order valence-corrected chi connectivity index (χ4v) is 1.12. The maximum Gasteiger partial charge on any atom is 0.306 e. The molecule has 1 aromatic carbocycles. The highest BCUT2D eigenvalue weighted by Crippen LogP contribution is 2.14. The Morgan fingerprint density at radius 3 is 2.77 bits per heavy atom. The lowest BCUT2D eigenvalue weighted by molar-refractivity contribution is -0.141. The minimum Gasteiger partial charge on any atom is -0.508 e. The van der Waals surface area contributed by atoms with E-state index in [4.69, 9.17) is 10.2 Å². The molecule has 3 heteroatoms. The van der Waals surface area contributed by atoms with Crippen LogP contribution in [0.5, 0.6) is 5.75 Å². The van der Waals surface area contributed by atoms with E-state index < -0.39 is 11.9 Å². The summed E-state index contributed by atoms with van der Waals surface area (Å²) in [5.41, 5.74) is 0.843. The van der Waals surface area contributed by atoms with Crippen LogP contribution >= 0.6 is 0 Å². The second kappa shape index (κ2) is 3.94. The van der Waals surface area contributed by atoms with Gasteiger partial charge in [-0.3, -0.25) is 4.79 Å². The molecule has 0 unspecified atom stereocenters. The fraction of sp³-hybridized carbons (Fsp3) is 0.300. The van der Waals surface area contributed by atoms with Crippen LogP contribution in [0.1, 0.15) is 12.5 Å². The van der Waals surface area contributed by atoms with Crippen LogP contribution in [0.15, 0.2) is 24.3 Å². The third-order valence-electron chi connectivity index (χ3n) is 1.87. The van der Waals surface area contributed by atoms with Gasteiger partial charge >= 0.3 is 5.97 Å². The Hall–Kier alpha value is -1.51. The van der Waals surface area contributed by atoms with Crippen LogP contribution in [0.2, 0.25) is 0 Å². The van der Waals surface area contributed by atoms with Gasteiger partial charge in [-0.05, 0) is 24.1 Å². The summed E-state index contributed by atoms with van der Waals surface area (Å²) in [6.45, 7) is 1.65. The standard InChI is InChI=1S/C10H12O3/c1-7(10(12)13)5-8-3-2-4-9(11)6-8/h2-4,6-7,11H,5H2,1H3,(H,12,13)/t7-/m1/s1. The number of rotatable bonds is 3. The predicted octanol–water partition coefficient (Wildman–Crippen LogP) is 1.66. The van der Waals surface area contributed by atoms with E-state index in [1.165, 1.54) is 0 Å². The third-order valence-corrected chi connectivity index (χ3v) is 1.87. The maximum absolute atomic E-state index is 10.5. The van der Waals surface area contributed by atoms with E-state index in [2.05, 4.69) is 0 Å². The Kier molecular flexibility index (Phi) is 2.90. The number of phenolic OH excluding ortho intramolecular Hbond substituents is 1. The molecule has 3 nitrogen and oxygen atoms in total. The first-order chi connectivity index (χ1) is 6.09. The van der Waals surface area contributed by atoms with E-state index in [1.807, 2.05) is 0 Å². The van der Waals surface area contributed by atoms with E-state index in [9.17, 15) is 4.79 Å². The molecule has 1 rings (SSSR count). The SMILES string of the molecule is C[C@H](Cc1cccc(O)c1)C(=O)O. The second-order valence-electron chi connectivity index (χ2n) is 3.11. The molecule has 0 aromatic heterocycles. The molecule has 0 heterocycles. The van der Waals surface area contributed by atoms with Crippen LogP contribution in [0.25, 0.3) is 0 Å². The number of carboxylic acids is 1. The molecule has 70 valence electrons. The van der Waals surface area contributed by atoms with Gasteiger partial charge in [0, 0.05) is 0 Å². The molecule has 0 aliphatic carbocycles. The molecule has 0 saturated heterocycles. The van der Waals surface area contributed by atoms with Gasteiger partial charge in [0.1, 0.15) is 5.75 Å². The molecule has 2 N–H and O–H groups in total. The summed E-state index contributed by atoms with van der Waals surface area (Å²) in [5, 5.41) is 17.8. The van der Waals surface area contributed by atoms with Crippen molar-refractivity contribution in [2.24, 2.45) is 5.92 Å². The van der Waals surface area contributed by atoms with Crippen molar-refractivity contribution in [1.82, 2.24) is 0 Å². The van der Waals surface area contributed by atoms with E-state index >= 15 is 0 Å². The number of carbonyl (C=O) groups is 1. The molecule has 1 aromatic rings. The van der Waals surface area contributed by atoms with Crippen molar-refractivity contribution in [3.8, 4) is 5.75 Å². The highest BCUT2D eigenvalue weighted by molar-refractivity contribution is 5.69. The van der Waals surface area contributed by atoms with Gasteiger partial charge in [-0.15, -0.1) is 0 Å². The van der Waals surface area contributed by atoms with Crippen molar-refractivity contribution in [3.05, 3.63) is 29.8 Å². The summed E-state index contributed by atoms with van der Waals surface area (Å²) in [7, 11) is 0. The van der Waals surface area contributed by atoms with Gasteiger partial charge in [0.05, 0.1) is 5.92 Å². The lowest BCUT2D eigenvalue weighted by atomic mass is 10.0. The number of aliphatic carboxylic acids is 1. The highest BCUT2D eigenvalue weighted by atomic mass is 16.4. The molecule has 0 saturated carbocycles. The third kappa shape index (κ3) is 2.78. The first kappa shape index (κ1) is 9.58. The smallest absolute Gasteiger partial charge is 0.306 e. The normalized spacial score (nSPS) is 12.4. The van der Waals surface area contributed by atoms with Crippen molar-refractivity contribution >= 4 is 5.97 Å². The fourth-order valence-electron chi connectivity index (χ4n) is 1.12. The minimum atomic E-state index is -0.816. The van der Waals surface area contributed by atoms with Gasteiger partial charge in [-0.25, -0.2) is 0 Å². The molecule has 13 heavy (non-hydrogen) atoms. The van der Waals surface area contributed by atoms with Crippen molar-refractivity contribution < 1.29 is 15.0 Å². The summed E-state index contributed by atoms with van der Waals surface area (Å²) in [6, 6.07) is 6.66. The summed E-state index contributed by atoms with van der Waals surface area (Å²) in [6.07, 6.45) is 0.448. The molecule has 0 radical (unpaired) electrons. The van der Waals surface area contributed by atoms with E-state index in [0.717, 1.165) is 5.56 Å². The molecular formula is C10H12O3. The number of phenols is 1. The van der Waals surface area contributed by atoms with Gasteiger partial charge in [0.15, 0.2) is 0 Å². The van der Waals surface area contributed by atoms with E-state index in [-0.39, 0.29) is 5.75 Å². The summed E-state index contributed by atoms with van der Waals surface area (Å²) < 4.78 is 0. The average Bonchev–Trinajstić information content (AvgIpc) is 2.04. The molecule has 0 amide bonds. The number of benzene rings is 1. The van der Waals surface area contributed by atoms with Crippen LogP contribution in [0, 0.1) is 5.92 Å². The number of hydrogen-bond acceptors (Lipinski definition) is 2. The Balaban J connectivity index is 2.69. The van der Waals surface area contributed by atoms with Gasteiger partial charge in [-0.1, -0.05) is 19.1 Å². The lowest BCUT2D eigenvalue weighted by Crippen LogP contribution is -2.11.